The van der Waals surface area contributed by atoms with Crippen molar-refractivity contribution in [2.24, 2.45) is 0 Å². The van der Waals surface area contributed by atoms with Gasteiger partial charge in [0.15, 0.2) is 0 Å². The van der Waals surface area contributed by atoms with Crippen LogP contribution in [0.5, 0.6) is 0 Å². The summed E-state index contributed by atoms with van der Waals surface area (Å²) in [6.07, 6.45) is 1.11. The first-order valence-electron chi connectivity index (χ1n) is 7.92. The van der Waals surface area contributed by atoms with Crippen LogP contribution in [-0.2, 0) is 11.2 Å². The molecule has 0 unspecified atom stereocenters. The Bertz CT molecular complexity index is 907. The van der Waals surface area contributed by atoms with Crippen molar-refractivity contribution in [2.45, 2.75) is 12.8 Å². The predicted molar refractivity (Wildman–Crippen MR) is 96.8 cm³/mol. The molecule has 3 aromatic rings. The number of rotatable bonds is 4. The minimum absolute atomic E-state index is 0.0784. The summed E-state index contributed by atoms with van der Waals surface area (Å²) in [5, 5.41) is 11.1. The smallest absolute Gasteiger partial charge is 0.227 e. The fourth-order valence-corrected chi connectivity index (χ4v) is 2.69. The summed E-state index contributed by atoms with van der Waals surface area (Å²) in [4.78, 5) is 14.2. The summed E-state index contributed by atoms with van der Waals surface area (Å²) in [6.45, 7) is 0. The van der Waals surface area contributed by atoms with Crippen molar-refractivity contribution < 1.29 is 4.79 Å². The number of hydrogen-bond acceptors (Lipinski definition) is 2. The zero-order valence-electron chi connectivity index (χ0n) is 13.6. The topological polar surface area (TPSA) is 44.1 Å². The van der Waals surface area contributed by atoms with E-state index in [1.165, 1.54) is 5.39 Å². The number of anilines is 1. The molecule has 0 heterocycles. The number of aryl methyl sites for hydroxylation is 1. The average Bonchev–Trinajstić information content (AvgIpc) is 2.65. The van der Waals surface area contributed by atoms with Gasteiger partial charge in [0.05, 0.1) is 11.6 Å². The third-order valence-electron chi connectivity index (χ3n) is 4.21. The van der Waals surface area contributed by atoms with E-state index in [1.807, 2.05) is 55.6 Å². The van der Waals surface area contributed by atoms with Gasteiger partial charge in [0.1, 0.15) is 0 Å². The molecule has 0 fully saturated rings. The van der Waals surface area contributed by atoms with Crippen LogP contribution in [0.4, 0.5) is 5.69 Å². The van der Waals surface area contributed by atoms with Gasteiger partial charge in [-0.25, -0.2) is 0 Å². The highest BCUT2D eigenvalue weighted by Gasteiger charge is 2.11. The van der Waals surface area contributed by atoms with Crippen LogP contribution in [0.2, 0.25) is 0 Å². The molecule has 0 bridgehead atoms. The number of amides is 1. The number of fused-ring (bicyclic) bond motifs is 1. The molecule has 0 N–H and O–H groups in total. The normalized spacial score (nSPS) is 10.3. The van der Waals surface area contributed by atoms with Gasteiger partial charge in [0, 0.05) is 19.2 Å². The van der Waals surface area contributed by atoms with Gasteiger partial charge >= 0.3 is 0 Å². The van der Waals surface area contributed by atoms with Crippen molar-refractivity contribution in [3.8, 4) is 6.07 Å². The second kappa shape index (κ2) is 6.97. The number of hydrogen-bond donors (Lipinski definition) is 0. The Kier molecular flexibility index (Phi) is 4.58. The standard InChI is InChI=1S/C21H18N2O/c1-23(20-12-11-18-4-2-3-5-19(18)14-20)21(24)13-10-16-6-8-17(15-22)9-7-16/h2-9,11-12,14H,10,13H2,1H3. The van der Waals surface area contributed by atoms with Gasteiger partial charge in [-0.3, -0.25) is 4.79 Å². The van der Waals surface area contributed by atoms with Gasteiger partial charge in [0.25, 0.3) is 0 Å². The third-order valence-corrected chi connectivity index (χ3v) is 4.21. The summed E-state index contributed by atoms with van der Waals surface area (Å²) in [5.41, 5.74) is 2.60. The molecule has 118 valence electrons. The van der Waals surface area contributed by atoms with E-state index in [0.29, 0.717) is 18.4 Å². The highest BCUT2D eigenvalue weighted by Crippen LogP contribution is 2.22. The lowest BCUT2D eigenvalue weighted by atomic mass is 10.1. The monoisotopic (exact) mass is 314 g/mol. The second-order valence-electron chi connectivity index (χ2n) is 5.79. The summed E-state index contributed by atoms with van der Waals surface area (Å²) >= 11 is 0. The SMILES string of the molecule is CN(C(=O)CCc1ccc(C#N)cc1)c1ccc2ccccc2c1. The zero-order valence-corrected chi connectivity index (χ0v) is 13.6. The zero-order chi connectivity index (χ0) is 16.9. The first kappa shape index (κ1) is 15.8. The molecule has 0 aliphatic carbocycles. The maximum Gasteiger partial charge on any atom is 0.227 e. The van der Waals surface area contributed by atoms with E-state index in [1.54, 1.807) is 17.0 Å². The molecule has 0 aromatic heterocycles. The Morgan fingerprint density at radius 2 is 1.71 bits per heavy atom. The van der Waals surface area contributed by atoms with Crippen molar-refractivity contribution in [2.75, 3.05) is 11.9 Å². The van der Waals surface area contributed by atoms with Crippen molar-refractivity contribution >= 4 is 22.4 Å². The van der Waals surface area contributed by atoms with E-state index >= 15 is 0 Å². The number of carbonyl (C=O) groups is 1. The quantitative estimate of drug-likeness (QED) is 0.720. The van der Waals surface area contributed by atoms with Crippen LogP contribution in [0.3, 0.4) is 0 Å². The number of nitriles is 1. The summed E-state index contributed by atoms with van der Waals surface area (Å²) < 4.78 is 0. The number of nitrogens with zero attached hydrogens (tertiary/aromatic N) is 2. The molecule has 0 saturated carbocycles. The third kappa shape index (κ3) is 3.44. The number of benzene rings is 3. The molecule has 3 rings (SSSR count). The van der Waals surface area contributed by atoms with Gasteiger partial charge in [-0.2, -0.15) is 5.26 Å². The second-order valence-corrected chi connectivity index (χ2v) is 5.79. The van der Waals surface area contributed by atoms with Crippen molar-refractivity contribution in [1.29, 1.82) is 5.26 Å². The Labute approximate surface area is 141 Å². The van der Waals surface area contributed by atoms with Gasteiger partial charge in [0.2, 0.25) is 5.91 Å². The maximum atomic E-state index is 12.4. The molecule has 0 radical (unpaired) electrons. The van der Waals surface area contributed by atoms with E-state index < -0.39 is 0 Å². The molecular weight excluding hydrogens is 296 g/mol. The Morgan fingerprint density at radius 3 is 2.42 bits per heavy atom. The molecule has 0 aliphatic rings. The maximum absolute atomic E-state index is 12.4. The van der Waals surface area contributed by atoms with E-state index in [2.05, 4.69) is 12.1 Å². The Balaban J connectivity index is 1.67. The van der Waals surface area contributed by atoms with Crippen molar-refractivity contribution in [1.82, 2.24) is 0 Å². The van der Waals surface area contributed by atoms with E-state index in [4.69, 9.17) is 5.26 Å². The van der Waals surface area contributed by atoms with Gasteiger partial charge < -0.3 is 4.90 Å². The lowest BCUT2D eigenvalue weighted by molar-refractivity contribution is -0.118. The molecule has 3 nitrogen and oxygen atoms in total. The minimum Gasteiger partial charge on any atom is -0.315 e. The van der Waals surface area contributed by atoms with Gasteiger partial charge in [-0.05, 0) is 47.0 Å². The average molecular weight is 314 g/mol. The van der Waals surface area contributed by atoms with Gasteiger partial charge in [-0.15, -0.1) is 0 Å². The van der Waals surface area contributed by atoms with Crippen LogP contribution in [0, 0.1) is 11.3 Å². The van der Waals surface area contributed by atoms with Crippen LogP contribution in [-0.4, -0.2) is 13.0 Å². The molecule has 24 heavy (non-hydrogen) atoms. The highest BCUT2D eigenvalue weighted by molar-refractivity contribution is 5.96. The molecule has 0 spiro atoms. The molecule has 3 aromatic carbocycles. The summed E-state index contributed by atoms with van der Waals surface area (Å²) in [6, 6.07) is 23.6. The van der Waals surface area contributed by atoms with Crippen LogP contribution in [0.15, 0.2) is 66.7 Å². The fraction of sp³-hybridized carbons (Fsp3) is 0.143. The highest BCUT2D eigenvalue weighted by atomic mass is 16.2. The molecule has 0 saturated heterocycles. The first-order valence-corrected chi connectivity index (χ1v) is 7.92. The fourth-order valence-electron chi connectivity index (χ4n) is 2.69. The van der Waals surface area contributed by atoms with E-state index in [-0.39, 0.29) is 5.91 Å². The Morgan fingerprint density at radius 1 is 1.00 bits per heavy atom. The van der Waals surface area contributed by atoms with E-state index in [0.717, 1.165) is 16.6 Å². The minimum atomic E-state index is 0.0784. The Hall–Kier alpha value is -3.12. The van der Waals surface area contributed by atoms with Gasteiger partial charge in [-0.1, -0.05) is 42.5 Å². The van der Waals surface area contributed by atoms with Crippen molar-refractivity contribution in [3.05, 3.63) is 77.9 Å². The summed E-state index contributed by atoms with van der Waals surface area (Å²) in [7, 11) is 1.81. The summed E-state index contributed by atoms with van der Waals surface area (Å²) in [5.74, 6) is 0.0784. The lowest BCUT2D eigenvalue weighted by Crippen LogP contribution is -2.26. The largest absolute Gasteiger partial charge is 0.315 e. The van der Waals surface area contributed by atoms with Crippen LogP contribution in [0.1, 0.15) is 17.5 Å². The predicted octanol–water partition coefficient (Wildman–Crippen LogP) is 4.31. The molecule has 0 atom stereocenters. The van der Waals surface area contributed by atoms with Crippen LogP contribution >= 0.6 is 0 Å². The molecule has 3 heteroatoms. The molecular formula is C21H18N2O. The van der Waals surface area contributed by atoms with Crippen LogP contribution in [0.25, 0.3) is 10.8 Å². The van der Waals surface area contributed by atoms with E-state index in [9.17, 15) is 4.79 Å². The molecule has 0 aliphatic heterocycles. The van der Waals surface area contributed by atoms with Crippen molar-refractivity contribution in [3.63, 3.8) is 0 Å². The number of carbonyl (C=O) groups excluding carboxylic acids is 1. The lowest BCUT2D eigenvalue weighted by Gasteiger charge is -2.18. The molecule has 1 amide bonds. The first-order chi connectivity index (χ1) is 11.7. The van der Waals surface area contributed by atoms with Crippen LogP contribution < -0.4 is 4.90 Å².